The smallest absolute Gasteiger partial charge is 0.314 e. The summed E-state index contributed by atoms with van der Waals surface area (Å²) < 4.78 is 5.35. The van der Waals surface area contributed by atoms with Crippen molar-refractivity contribution in [2.75, 3.05) is 13.4 Å². The molecular weight excluding hydrogens is 248 g/mol. The van der Waals surface area contributed by atoms with Crippen LogP contribution in [-0.4, -0.2) is 24.4 Å². The molecule has 0 bridgehead atoms. The van der Waals surface area contributed by atoms with Gasteiger partial charge in [0, 0.05) is 4.90 Å². The molecule has 1 aromatic rings. The summed E-state index contributed by atoms with van der Waals surface area (Å²) in [5.41, 5.74) is 0.173. The Morgan fingerprint density at radius 3 is 2.56 bits per heavy atom. The Bertz CT molecular complexity index is 450. The number of benzene rings is 1. The maximum absolute atomic E-state index is 11.6. The summed E-state index contributed by atoms with van der Waals surface area (Å²) in [6.07, 6.45) is 5.41. The fraction of sp³-hybridized carbons (Fsp3) is 0.500. The predicted octanol–water partition coefficient (Wildman–Crippen LogP) is 3.31. The van der Waals surface area contributed by atoms with Gasteiger partial charge in [0.25, 0.3) is 0 Å². The van der Waals surface area contributed by atoms with Crippen LogP contribution in [0.3, 0.4) is 0 Å². The number of hydrogen-bond donors (Lipinski definition) is 1. The number of carboxylic acid groups (broad SMARTS) is 1. The lowest BCUT2D eigenvalue weighted by atomic mass is 9.79. The van der Waals surface area contributed by atoms with Gasteiger partial charge in [0.15, 0.2) is 0 Å². The Morgan fingerprint density at radius 2 is 2.06 bits per heavy atom. The molecule has 0 atom stereocenters. The molecule has 1 aliphatic carbocycles. The highest BCUT2D eigenvalue weighted by Gasteiger charge is 2.43. The minimum Gasteiger partial charge on any atom is -0.496 e. The van der Waals surface area contributed by atoms with Crippen LogP contribution in [0.5, 0.6) is 5.75 Å². The molecule has 1 aliphatic rings. The van der Waals surface area contributed by atoms with Crippen LogP contribution in [0.15, 0.2) is 23.1 Å². The van der Waals surface area contributed by atoms with E-state index in [0.29, 0.717) is 0 Å². The van der Waals surface area contributed by atoms with Crippen LogP contribution in [0.1, 0.15) is 31.2 Å². The Morgan fingerprint density at radius 1 is 1.39 bits per heavy atom. The van der Waals surface area contributed by atoms with Gasteiger partial charge in [-0.25, -0.2) is 0 Å². The van der Waals surface area contributed by atoms with Gasteiger partial charge in [-0.2, -0.15) is 0 Å². The second kappa shape index (κ2) is 5.22. The van der Waals surface area contributed by atoms with Crippen LogP contribution >= 0.6 is 11.8 Å². The maximum Gasteiger partial charge on any atom is 0.314 e. The zero-order valence-corrected chi connectivity index (χ0v) is 11.5. The van der Waals surface area contributed by atoms with Crippen molar-refractivity contribution in [3.8, 4) is 5.75 Å². The fourth-order valence-corrected chi connectivity index (χ4v) is 3.29. The second-order valence-electron chi connectivity index (χ2n) is 4.66. The lowest BCUT2D eigenvalue weighted by Crippen LogP contribution is -2.32. The molecule has 18 heavy (non-hydrogen) atoms. The fourth-order valence-electron chi connectivity index (χ4n) is 2.74. The van der Waals surface area contributed by atoms with Crippen LogP contribution in [0.4, 0.5) is 0 Å². The highest BCUT2D eigenvalue weighted by Crippen LogP contribution is 2.43. The molecule has 2 rings (SSSR count). The van der Waals surface area contributed by atoms with E-state index in [2.05, 4.69) is 0 Å². The van der Waals surface area contributed by atoms with E-state index in [1.165, 1.54) is 0 Å². The zero-order chi connectivity index (χ0) is 13.2. The maximum atomic E-state index is 11.6. The van der Waals surface area contributed by atoms with Gasteiger partial charge in [-0.05, 0) is 36.8 Å². The molecule has 98 valence electrons. The molecular formula is C14H18O3S. The minimum absolute atomic E-state index is 0.704. The standard InChI is InChI=1S/C14H18O3S/c1-17-11-9-10(5-6-12(11)18-2)14(13(15)16)7-3-4-8-14/h5-6,9H,3-4,7-8H2,1-2H3,(H,15,16). The van der Waals surface area contributed by atoms with E-state index < -0.39 is 11.4 Å². The molecule has 1 aromatic carbocycles. The lowest BCUT2D eigenvalue weighted by Gasteiger charge is -2.25. The molecule has 0 unspecified atom stereocenters. The molecule has 0 aliphatic heterocycles. The monoisotopic (exact) mass is 266 g/mol. The van der Waals surface area contributed by atoms with Gasteiger partial charge in [-0.3, -0.25) is 4.79 Å². The molecule has 0 amide bonds. The largest absolute Gasteiger partial charge is 0.496 e. The molecule has 1 N–H and O–H groups in total. The number of carboxylic acids is 1. The van der Waals surface area contributed by atoms with E-state index >= 15 is 0 Å². The SMILES string of the molecule is COc1cc(C2(C(=O)O)CCCC2)ccc1SC. The number of carbonyl (C=O) groups is 1. The van der Waals surface area contributed by atoms with E-state index in [1.807, 2.05) is 24.5 Å². The van der Waals surface area contributed by atoms with E-state index in [1.54, 1.807) is 18.9 Å². The zero-order valence-electron chi connectivity index (χ0n) is 10.7. The first-order valence-corrected chi connectivity index (χ1v) is 7.32. The molecule has 0 radical (unpaired) electrons. The second-order valence-corrected chi connectivity index (χ2v) is 5.51. The van der Waals surface area contributed by atoms with E-state index in [0.717, 1.165) is 41.9 Å². The summed E-state index contributed by atoms with van der Waals surface area (Å²) in [7, 11) is 1.63. The molecule has 3 nitrogen and oxygen atoms in total. The van der Waals surface area contributed by atoms with Crippen molar-refractivity contribution in [3.05, 3.63) is 23.8 Å². The van der Waals surface area contributed by atoms with Gasteiger partial charge in [0.2, 0.25) is 0 Å². The van der Waals surface area contributed by atoms with Crippen molar-refractivity contribution in [3.63, 3.8) is 0 Å². The third-order valence-corrected chi connectivity index (χ3v) is 4.58. The normalized spacial score (nSPS) is 17.7. The van der Waals surface area contributed by atoms with E-state index in [-0.39, 0.29) is 0 Å². The Labute approximate surface area is 112 Å². The first-order valence-electron chi connectivity index (χ1n) is 6.10. The Balaban J connectivity index is 2.46. The first-order chi connectivity index (χ1) is 8.64. The summed E-state index contributed by atoms with van der Waals surface area (Å²) in [5, 5.41) is 9.56. The number of thioether (sulfide) groups is 1. The van der Waals surface area contributed by atoms with Crippen molar-refractivity contribution < 1.29 is 14.6 Å². The molecule has 0 saturated heterocycles. The summed E-state index contributed by atoms with van der Waals surface area (Å²) in [6, 6.07) is 5.79. The summed E-state index contributed by atoms with van der Waals surface area (Å²) in [6.45, 7) is 0. The van der Waals surface area contributed by atoms with Crippen molar-refractivity contribution in [1.82, 2.24) is 0 Å². The predicted molar refractivity (Wildman–Crippen MR) is 72.6 cm³/mol. The van der Waals surface area contributed by atoms with Crippen molar-refractivity contribution >= 4 is 17.7 Å². The average Bonchev–Trinajstić information content (AvgIpc) is 2.88. The minimum atomic E-state index is -0.709. The van der Waals surface area contributed by atoms with Crippen LogP contribution < -0.4 is 4.74 Å². The molecule has 4 heteroatoms. The summed E-state index contributed by atoms with van der Waals surface area (Å²) in [4.78, 5) is 12.7. The van der Waals surface area contributed by atoms with Gasteiger partial charge in [-0.1, -0.05) is 18.9 Å². The van der Waals surface area contributed by atoms with Crippen LogP contribution in [0, 0.1) is 0 Å². The Hall–Kier alpha value is -1.16. The third-order valence-electron chi connectivity index (χ3n) is 3.80. The molecule has 0 heterocycles. The molecule has 1 fully saturated rings. The first kappa shape index (κ1) is 13.3. The van der Waals surface area contributed by atoms with Crippen molar-refractivity contribution in [2.24, 2.45) is 0 Å². The van der Waals surface area contributed by atoms with Crippen LogP contribution in [0.25, 0.3) is 0 Å². The molecule has 1 saturated carbocycles. The van der Waals surface area contributed by atoms with Crippen molar-refractivity contribution in [2.45, 2.75) is 36.0 Å². The van der Waals surface area contributed by atoms with Gasteiger partial charge in [0.05, 0.1) is 12.5 Å². The molecule has 0 spiro atoms. The third kappa shape index (κ3) is 2.09. The van der Waals surface area contributed by atoms with Crippen molar-refractivity contribution in [1.29, 1.82) is 0 Å². The van der Waals surface area contributed by atoms with Crippen LogP contribution in [0.2, 0.25) is 0 Å². The van der Waals surface area contributed by atoms with E-state index in [9.17, 15) is 9.90 Å². The molecule has 0 aromatic heterocycles. The van der Waals surface area contributed by atoms with Gasteiger partial charge < -0.3 is 9.84 Å². The summed E-state index contributed by atoms with van der Waals surface area (Å²) in [5.74, 6) is 0.0616. The number of methoxy groups -OCH3 is 1. The summed E-state index contributed by atoms with van der Waals surface area (Å²) >= 11 is 1.61. The van der Waals surface area contributed by atoms with Crippen LogP contribution in [-0.2, 0) is 10.2 Å². The topological polar surface area (TPSA) is 46.5 Å². The van der Waals surface area contributed by atoms with Gasteiger partial charge in [0.1, 0.15) is 5.75 Å². The average molecular weight is 266 g/mol. The van der Waals surface area contributed by atoms with E-state index in [4.69, 9.17) is 4.74 Å². The number of aliphatic carboxylic acids is 1. The van der Waals surface area contributed by atoms with Gasteiger partial charge >= 0.3 is 5.97 Å². The lowest BCUT2D eigenvalue weighted by molar-refractivity contribution is -0.143. The highest BCUT2D eigenvalue weighted by atomic mass is 32.2. The Kier molecular flexibility index (Phi) is 3.85. The van der Waals surface area contributed by atoms with Gasteiger partial charge in [-0.15, -0.1) is 11.8 Å². The number of rotatable bonds is 4. The highest BCUT2D eigenvalue weighted by molar-refractivity contribution is 7.98. The number of hydrogen-bond acceptors (Lipinski definition) is 3. The number of ether oxygens (including phenoxy) is 1. The quantitative estimate of drug-likeness (QED) is 0.849.